The van der Waals surface area contributed by atoms with Gasteiger partial charge in [-0.25, -0.2) is 4.79 Å². The monoisotopic (exact) mass is 412 g/mol. The molecule has 0 aliphatic rings. The minimum Gasteiger partial charge on any atom is -0.496 e. The molecule has 0 radical (unpaired) electrons. The van der Waals surface area contributed by atoms with E-state index in [0.717, 1.165) is 0 Å². The summed E-state index contributed by atoms with van der Waals surface area (Å²) in [5, 5.41) is 3.88. The van der Waals surface area contributed by atoms with Crippen LogP contribution in [0, 0.1) is 0 Å². The van der Waals surface area contributed by atoms with Gasteiger partial charge in [0.25, 0.3) is 5.89 Å². The normalized spacial score (nSPS) is 10.4. The number of aromatic nitrogens is 2. The number of carbonyl (C=O) groups is 2. The van der Waals surface area contributed by atoms with Gasteiger partial charge in [0.15, 0.2) is 30.5 Å². The second-order valence-electron chi connectivity index (χ2n) is 6.08. The fraction of sp³-hybridized carbons (Fsp3) is 0.238. The molecule has 2 aromatic carbocycles. The maximum atomic E-state index is 12.0. The van der Waals surface area contributed by atoms with Gasteiger partial charge >= 0.3 is 5.97 Å². The molecule has 0 aliphatic carbocycles. The van der Waals surface area contributed by atoms with Gasteiger partial charge in [-0.15, -0.1) is 0 Å². The Balaban J connectivity index is 1.56. The fourth-order valence-electron chi connectivity index (χ4n) is 2.58. The first-order chi connectivity index (χ1) is 14.5. The van der Waals surface area contributed by atoms with Gasteiger partial charge in [0.1, 0.15) is 5.75 Å². The number of carbonyl (C=O) groups excluding carboxylic acids is 2. The van der Waals surface area contributed by atoms with Crippen molar-refractivity contribution in [1.82, 2.24) is 10.1 Å². The average molecular weight is 412 g/mol. The van der Waals surface area contributed by atoms with Crippen LogP contribution in [0.2, 0.25) is 0 Å². The lowest BCUT2D eigenvalue weighted by Crippen LogP contribution is -2.15. The van der Waals surface area contributed by atoms with Crippen LogP contribution in [0.5, 0.6) is 17.2 Å². The van der Waals surface area contributed by atoms with Gasteiger partial charge in [0.05, 0.1) is 19.8 Å². The van der Waals surface area contributed by atoms with Crippen LogP contribution in [-0.4, -0.2) is 42.7 Å². The first-order valence-electron chi connectivity index (χ1n) is 8.95. The number of hydrogen-bond donors (Lipinski definition) is 0. The number of methoxy groups -OCH3 is 2. The van der Waals surface area contributed by atoms with Crippen LogP contribution in [0.4, 0.5) is 0 Å². The second-order valence-corrected chi connectivity index (χ2v) is 6.08. The summed E-state index contributed by atoms with van der Waals surface area (Å²) in [6.45, 7) is 0.886. The van der Waals surface area contributed by atoms with E-state index in [9.17, 15) is 9.59 Å². The lowest BCUT2D eigenvalue weighted by Gasteiger charge is -2.11. The predicted octanol–water partition coefficient (Wildman–Crippen LogP) is 3.08. The summed E-state index contributed by atoms with van der Waals surface area (Å²) in [7, 11) is 2.99. The Hall–Kier alpha value is -3.88. The summed E-state index contributed by atoms with van der Waals surface area (Å²) in [4.78, 5) is 27.6. The highest BCUT2D eigenvalue weighted by Crippen LogP contribution is 2.29. The fourth-order valence-corrected chi connectivity index (χ4v) is 2.58. The van der Waals surface area contributed by atoms with Crippen LogP contribution >= 0.6 is 0 Å². The maximum absolute atomic E-state index is 12.0. The van der Waals surface area contributed by atoms with Gasteiger partial charge in [-0.2, -0.15) is 4.98 Å². The van der Waals surface area contributed by atoms with E-state index in [1.54, 1.807) is 37.4 Å². The Bertz CT molecular complexity index is 1050. The van der Waals surface area contributed by atoms with Gasteiger partial charge in [0.2, 0.25) is 5.82 Å². The molecule has 0 unspecified atom stereocenters. The second kappa shape index (κ2) is 9.55. The first kappa shape index (κ1) is 20.8. The Kier molecular flexibility index (Phi) is 6.63. The summed E-state index contributed by atoms with van der Waals surface area (Å²) in [6.07, 6.45) is 0. The van der Waals surface area contributed by atoms with E-state index in [1.807, 2.05) is 12.1 Å². The molecule has 0 saturated heterocycles. The van der Waals surface area contributed by atoms with E-state index in [4.69, 9.17) is 23.5 Å². The number of benzene rings is 2. The summed E-state index contributed by atoms with van der Waals surface area (Å²) in [5.74, 6) is 0.971. The topological polar surface area (TPSA) is 110 Å². The van der Waals surface area contributed by atoms with Crippen molar-refractivity contribution in [2.24, 2.45) is 0 Å². The molecular formula is C21H20N2O7. The molecule has 0 bridgehead atoms. The van der Waals surface area contributed by atoms with Crippen molar-refractivity contribution >= 4 is 11.8 Å². The number of ether oxygens (including phenoxy) is 4. The summed E-state index contributed by atoms with van der Waals surface area (Å²) in [6, 6.07) is 11.9. The van der Waals surface area contributed by atoms with E-state index in [2.05, 4.69) is 10.1 Å². The van der Waals surface area contributed by atoms with Crippen LogP contribution in [0.25, 0.3) is 11.4 Å². The zero-order chi connectivity index (χ0) is 21.5. The first-order valence-corrected chi connectivity index (χ1v) is 8.95. The van der Waals surface area contributed by atoms with Crippen LogP contribution < -0.4 is 14.2 Å². The molecule has 3 rings (SSSR count). The molecule has 0 N–H and O–H groups in total. The summed E-state index contributed by atoms with van der Waals surface area (Å²) in [5.41, 5.74) is 1.13. The quantitative estimate of drug-likeness (QED) is 0.387. The van der Waals surface area contributed by atoms with Crippen molar-refractivity contribution in [1.29, 1.82) is 0 Å². The SMILES string of the molecule is COc1cc(C(C)=O)ccc1OCC(=O)OCc1nc(-c2ccccc2OC)no1. The smallest absolute Gasteiger partial charge is 0.344 e. The summed E-state index contributed by atoms with van der Waals surface area (Å²) < 4.78 is 26.1. The van der Waals surface area contributed by atoms with E-state index >= 15 is 0 Å². The molecule has 1 aromatic heterocycles. The molecule has 3 aromatic rings. The molecule has 30 heavy (non-hydrogen) atoms. The lowest BCUT2D eigenvalue weighted by molar-refractivity contribution is -0.148. The maximum Gasteiger partial charge on any atom is 0.344 e. The van der Waals surface area contributed by atoms with E-state index in [1.165, 1.54) is 14.0 Å². The van der Waals surface area contributed by atoms with Gasteiger partial charge < -0.3 is 23.5 Å². The zero-order valence-corrected chi connectivity index (χ0v) is 16.7. The molecule has 0 aliphatic heterocycles. The predicted molar refractivity (Wildman–Crippen MR) is 105 cm³/mol. The Labute approximate surface area is 172 Å². The molecule has 0 fully saturated rings. The minimum absolute atomic E-state index is 0.105. The van der Waals surface area contributed by atoms with Crippen LogP contribution in [-0.2, 0) is 16.1 Å². The molecule has 156 valence electrons. The van der Waals surface area contributed by atoms with E-state index in [-0.39, 0.29) is 24.9 Å². The molecule has 0 amide bonds. The highest BCUT2D eigenvalue weighted by Gasteiger charge is 2.15. The molecule has 9 nitrogen and oxygen atoms in total. The highest BCUT2D eigenvalue weighted by molar-refractivity contribution is 5.94. The number of Topliss-reactive ketones (excluding diaryl/α,β-unsaturated/α-hetero) is 1. The Morgan fingerprint density at radius 2 is 1.77 bits per heavy atom. The molecule has 0 spiro atoms. The molecule has 9 heteroatoms. The lowest BCUT2D eigenvalue weighted by atomic mass is 10.1. The Morgan fingerprint density at radius 1 is 1.00 bits per heavy atom. The largest absolute Gasteiger partial charge is 0.496 e. The van der Waals surface area contributed by atoms with Crippen LogP contribution in [0.1, 0.15) is 23.2 Å². The Morgan fingerprint density at radius 3 is 2.50 bits per heavy atom. The van der Waals surface area contributed by atoms with E-state index in [0.29, 0.717) is 34.2 Å². The van der Waals surface area contributed by atoms with Crippen molar-refractivity contribution < 1.29 is 33.1 Å². The number of esters is 1. The van der Waals surface area contributed by atoms with Gasteiger partial charge in [0, 0.05) is 5.56 Å². The number of rotatable bonds is 9. The molecular weight excluding hydrogens is 392 g/mol. The van der Waals surface area contributed by atoms with Crippen LogP contribution in [0.3, 0.4) is 0 Å². The molecule has 0 saturated carbocycles. The number of para-hydroxylation sites is 1. The van der Waals surface area contributed by atoms with Gasteiger partial charge in [-0.1, -0.05) is 17.3 Å². The van der Waals surface area contributed by atoms with Gasteiger partial charge in [-0.3, -0.25) is 4.79 Å². The van der Waals surface area contributed by atoms with Crippen molar-refractivity contribution in [3.8, 4) is 28.6 Å². The van der Waals surface area contributed by atoms with Crippen molar-refractivity contribution in [3.63, 3.8) is 0 Å². The third kappa shape index (κ3) is 4.93. The third-order valence-corrected chi connectivity index (χ3v) is 4.09. The third-order valence-electron chi connectivity index (χ3n) is 4.09. The summed E-state index contributed by atoms with van der Waals surface area (Å²) >= 11 is 0. The molecule has 1 heterocycles. The molecule has 0 atom stereocenters. The standard InChI is InChI=1S/C21H20N2O7/c1-13(24)14-8-9-17(18(10-14)27-3)28-12-20(25)29-11-19-22-21(23-30-19)15-6-4-5-7-16(15)26-2/h4-10H,11-12H2,1-3H3. The number of nitrogens with zero attached hydrogens (tertiary/aromatic N) is 2. The van der Waals surface area contributed by atoms with Gasteiger partial charge in [-0.05, 0) is 37.3 Å². The number of ketones is 1. The van der Waals surface area contributed by atoms with Crippen molar-refractivity contribution in [3.05, 3.63) is 53.9 Å². The van der Waals surface area contributed by atoms with Crippen LogP contribution in [0.15, 0.2) is 47.0 Å². The zero-order valence-electron chi connectivity index (χ0n) is 16.7. The highest BCUT2D eigenvalue weighted by atomic mass is 16.6. The van der Waals surface area contributed by atoms with E-state index < -0.39 is 5.97 Å². The van der Waals surface area contributed by atoms with Crippen molar-refractivity contribution in [2.75, 3.05) is 20.8 Å². The minimum atomic E-state index is -0.635. The average Bonchev–Trinajstić information content (AvgIpc) is 3.24. The van der Waals surface area contributed by atoms with Crippen molar-refractivity contribution in [2.45, 2.75) is 13.5 Å². The number of hydrogen-bond acceptors (Lipinski definition) is 9.